The van der Waals surface area contributed by atoms with Crippen molar-refractivity contribution in [2.24, 2.45) is 5.92 Å². The molecule has 0 spiro atoms. The number of imidazole rings is 1. The molecule has 57 heavy (non-hydrogen) atoms. The molecule has 5 aromatic rings. The number of hydrogen-bond acceptors (Lipinski definition) is 14. The van der Waals surface area contributed by atoms with Crippen LogP contribution in [0.1, 0.15) is 43.1 Å². The summed E-state index contributed by atoms with van der Waals surface area (Å²) in [5, 5.41) is 5.01. The molecule has 2 aromatic heterocycles. The monoisotopic (exact) mass is 801 g/mol. The second-order valence-electron chi connectivity index (χ2n) is 13.4. The highest BCUT2D eigenvalue weighted by molar-refractivity contribution is 7.85. The zero-order valence-electron chi connectivity index (χ0n) is 30.7. The number of alkyl carbamates (subject to hydrolysis) is 1. The summed E-state index contributed by atoms with van der Waals surface area (Å²) in [4.78, 5) is 51.3. The second kappa shape index (κ2) is 17.4. The van der Waals surface area contributed by atoms with Crippen LogP contribution in [0.3, 0.4) is 0 Å². The van der Waals surface area contributed by atoms with Crippen LogP contribution in [0.2, 0.25) is 0 Å². The minimum absolute atomic E-state index is 0.0378. The van der Waals surface area contributed by atoms with E-state index in [-0.39, 0.29) is 30.2 Å². The van der Waals surface area contributed by atoms with Gasteiger partial charge in [-0.2, -0.15) is 8.42 Å². The average molecular weight is 802 g/mol. The van der Waals surface area contributed by atoms with Crippen molar-refractivity contribution in [3.63, 3.8) is 0 Å². The molecule has 3 N–H and O–H groups in total. The number of carbonyl (C=O) groups is 3. The number of anilines is 1. The van der Waals surface area contributed by atoms with E-state index in [1.807, 2.05) is 71.5 Å². The molecule has 1 unspecified atom stereocenters. The molecule has 18 nitrogen and oxygen atoms in total. The minimum Gasteiger partial charge on any atom is -0.445 e. The molecule has 0 saturated carbocycles. The third-order valence-corrected chi connectivity index (χ3v) is 9.93. The first-order valence-corrected chi connectivity index (χ1v) is 19.3. The van der Waals surface area contributed by atoms with E-state index in [0.717, 1.165) is 11.1 Å². The molecule has 2 saturated heterocycles. The fourth-order valence-corrected chi connectivity index (χ4v) is 6.99. The molecule has 6 atom stereocenters. The Hall–Kier alpha value is -5.99. The molecule has 3 amide bonds. The van der Waals surface area contributed by atoms with Gasteiger partial charge in [-0.3, -0.25) is 18.9 Å². The molecule has 2 aliphatic heterocycles. The second-order valence-corrected chi connectivity index (χ2v) is 14.7. The topological polar surface area (TPSA) is 220 Å². The lowest BCUT2D eigenvalue weighted by molar-refractivity contribution is -0.151. The van der Waals surface area contributed by atoms with Crippen LogP contribution < -0.4 is 15.4 Å². The van der Waals surface area contributed by atoms with Crippen molar-refractivity contribution >= 4 is 45.4 Å². The number of carbonyl (C=O) groups excluding carboxylic acids is 3. The van der Waals surface area contributed by atoms with Crippen molar-refractivity contribution in [1.29, 1.82) is 0 Å². The van der Waals surface area contributed by atoms with Gasteiger partial charge in [0, 0.05) is 5.56 Å². The van der Waals surface area contributed by atoms with Gasteiger partial charge in [0.05, 0.1) is 12.9 Å². The molecule has 298 valence electrons. The lowest BCUT2D eigenvalue weighted by atomic mass is 10.0. The quantitative estimate of drug-likeness (QED) is 0.143. The largest absolute Gasteiger partial charge is 0.445 e. The van der Waals surface area contributed by atoms with Crippen LogP contribution in [0.4, 0.5) is 15.4 Å². The van der Waals surface area contributed by atoms with Crippen LogP contribution in [0.5, 0.6) is 0 Å². The van der Waals surface area contributed by atoms with Crippen LogP contribution >= 0.6 is 0 Å². The predicted octanol–water partition coefficient (Wildman–Crippen LogP) is 4.28. The Bertz CT molecular complexity index is 2280. The van der Waals surface area contributed by atoms with E-state index in [9.17, 15) is 22.8 Å². The van der Waals surface area contributed by atoms with Gasteiger partial charge in [-0.1, -0.05) is 105 Å². The zero-order chi connectivity index (χ0) is 39.9. The van der Waals surface area contributed by atoms with Gasteiger partial charge in [0.1, 0.15) is 43.9 Å². The fourth-order valence-electron chi connectivity index (χ4n) is 6.25. The summed E-state index contributed by atoms with van der Waals surface area (Å²) in [7, 11) is -4.74. The van der Waals surface area contributed by atoms with Gasteiger partial charge in [-0.25, -0.2) is 29.3 Å². The molecular weight excluding hydrogens is 763 g/mol. The smallest absolute Gasteiger partial charge is 0.413 e. The van der Waals surface area contributed by atoms with Crippen LogP contribution in [0, 0.1) is 5.92 Å². The Kier molecular flexibility index (Phi) is 12.0. The third-order valence-electron chi connectivity index (χ3n) is 9.03. The minimum atomic E-state index is -4.74. The average Bonchev–Trinajstić information content (AvgIpc) is 3.93. The van der Waals surface area contributed by atoms with E-state index in [1.54, 1.807) is 42.7 Å². The van der Waals surface area contributed by atoms with Crippen molar-refractivity contribution in [3.05, 3.63) is 120 Å². The van der Waals surface area contributed by atoms with E-state index >= 15 is 0 Å². The summed E-state index contributed by atoms with van der Waals surface area (Å²) in [6, 6.07) is 25.9. The zero-order valence-corrected chi connectivity index (χ0v) is 31.5. The van der Waals surface area contributed by atoms with Crippen LogP contribution in [-0.4, -0.2) is 77.0 Å². The fraction of sp³-hybridized carbons (Fsp3) is 0.316. The molecule has 0 aliphatic carbocycles. The maximum Gasteiger partial charge on any atom is 0.413 e. The molecule has 4 heterocycles. The first-order valence-electron chi connectivity index (χ1n) is 17.9. The van der Waals surface area contributed by atoms with Crippen molar-refractivity contribution in [2.75, 3.05) is 11.9 Å². The van der Waals surface area contributed by atoms with E-state index in [4.69, 9.17) is 27.9 Å². The van der Waals surface area contributed by atoms with Gasteiger partial charge in [0.25, 0.3) is 5.91 Å². The Morgan fingerprint density at radius 2 is 1.40 bits per heavy atom. The molecule has 7 rings (SSSR count). The number of amides is 3. The van der Waals surface area contributed by atoms with Crippen LogP contribution in [0.15, 0.2) is 104 Å². The highest BCUT2D eigenvalue weighted by atomic mass is 32.2. The number of hydrogen-bond donors (Lipinski definition) is 3. The van der Waals surface area contributed by atoms with Gasteiger partial charge in [-0.05, 0) is 17.0 Å². The van der Waals surface area contributed by atoms with Gasteiger partial charge < -0.3 is 29.0 Å². The van der Waals surface area contributed by atoms with Crippen LogP contribution in [0.25, 0.3) is 11.2 Å². The predicted molar refractivity (Wildman–Crippen MR) is 200 cm³/mol. The standard InChI is InChI=1S/C38H39N7O11S/c1-23(2)28(42-37(47)51-18-24-12-6-3-7-13-24)34(46)44-57(49,50)53-20-27-30-31(56-36(55-30)26-16-10-5-11-17-26)35(54-27)45-22-41-29-32(39-21-40-33(29)45)43-38(48)52-19-25-14-8-4-9-15-25/h3-17,21-23,27-28,30-31,35-36H,18-20H2,1-2H3,(H,42,47)(H,44,46)(H,39,40,43,48)/t27-,28+,30-,31-,35-,36?/m1/s1. The number of fused-ring (bicyclic) bond motifs is 2. The normalized spacial score (nSPS) is 20.8. The first kappa shape index (κ1) is 39.3. The summed E-state index contributed by atoms with van der Waals surface area (Å²) in [6.45, 7) is 2.65. The SMILES string of the molecule is CC(C)[C@H](NC(=O)OCc1ccccc1)C(=O)NS(=O)(=O)OC[C@H]1O[C@@H](n2cnc3c(NC(=O)OCc4ccccc4)ncnc32)[C@@H]2OC(c3ccccc3)O[C@@H]21. The Balaban J connectivity index is 1.03. The Labute approximate surface area is 327 Å². The number of aromatic nitrogens is 4. The Morgan fingerprint density at radius 3 is 2.05 bits per heavy atom. The first-order chi connectivity index (χ1) is 27.5. The number of nitrogens with one attached hydrogen (secondary N) is 3. The lowest BCUT2D eigenvalue weighted by Gasteiger charge is -2.22. The molecule has 2 fully saturated rings. The summed E-state index contributed by atoms with van der Waals surface area (Å²) in [5.74, 6) is -1.47. The molecule has 2 aliphatic rings. The lowest BCUT2D eigenvalue weighted by Crippen LogP contribution is -2.51. The number of benzene rings is 3. The number of nitrogens with zero attached hydrogens (tertiary/aromatic N) is 4. The molecule has 3 aromatic carbocycles. The Morgan fingerprint density at radius 1 is 0.789 bits per heavy atom. The summed E-state index contributed by atoms with van der Waals surface area (Å²) < 4.78 is 64.4. The highest BCUT2D eigenvalue weighted by Gasteiger charge is 2.54. The van der Waals surface area contributed by atoms with Crippen molar-refractivity contribution < 1.29 is 50.7 Å². The maximum atomic E-state index is 13.1. The maximum absolute atomic E-state index is 13.1. The van der Waals surface area contributed by atoms with Crippen molar-refractivity contribution in [3.8, 4) is 0 Å². The number of rotatable bonds is 14. The summed E-state index contributed by atoms with van der Waals surface area (Å²) in [6.07, 6.45) is -3.54. The molecule has 19 heteroatoms. The molecular formula is C38H39N7O11S. The molecule has 0 bridgehead atoms. The molecule has 0 radical (unpaired) electrons. The van der Waals surface area contributed by atoms with E-state index in [2.05, 4.69) is 25.6 Å². The van der Waals surface area contributed by atoms with Gasteiger partial charge in [0.2, 0.25) is 0 Å². The summed E-state index contributed by atoms with van der Waals surface area (Å²) in [5.41, 5.74) is 2.71. The summed E-state index contributed by atoms with van der Waals surface area (Å²) >= 11 is 0. The number of ether oxygens (including phenoxy) is 5. The van der Waals surface area contributed by atoms with E-state index in [1.165, 1.54) is 12.7 Å². The third kappa shape index (κ3) is 9.52. The van der Waals surface area contributed by atoms with Crippen molar-refractivity contribution in [1.82, 2.24) is 29.6 Å². The van der Waals surface area contributed by atoms with Gasteiger partial charge >= 0.3 is 22.5 Å². The van der Waals surface area contributed by atoms with Gasteiger partial charge in [-0.15, -0.1) is 0 Å². The highest BCUT2D eigenvalue weighted by Crippen LogP contribution is 2.45. The van der Waals surface area contributed by atoms with E-state index in [0.29, 0.717) is 5.56 Å². The van der Waals surface area contributed by atoms with Crippen LogP contribution in [-0.2, 0) is 56.2 Å². The van der Waals surface area contributed by atoms with E-state index < -0.39 is 77.8 Å². The van der Waals surface area contributed by atoms with Crippen molar-refractivity contribution in [2.45, 2.75) is 63.9 Å². The van der Waals surface area contributed by atoms with Gasteiger partial charge in [0.15, 0.2) is 29.5 Å².